The Balaban J connectivity index is 2.09. The minimum absolute atomic E-state index is 0.0668. The van der Waals surface area contributed by atoms with Crippen molar-refractivity contribution < 1.29 is 14.9 Å². The van der Waals surface area contributed by atoms with Crippen LogP contribution in [0.1, 0.15) is 13.2 Å². The number of rotatable bonds is 1. The molecule has 18 heavy (non-hydrogen) atoms. The first-order valence-corrected chi connectivity index (χ1v) is 5.87. The van der Waals surface area contributed by atoms with Gasteiger partial charge in [0.2, 0.25) is 0 Å². The summed E-state index contributed by atoms with van der Waals surface area (Å²) in [5, 5.41) is 21.0. The van der Waals surface area contributed by atoms with Gasteiger partial charge in [-0.05, 0) is 13.0 Å². The first kappa shape index (κ1) is 11.9. The van der Waals surface area contributed by atoms with Crippen LogP contribution >= 0.6 is 11.6 Å². The average molecular weight is 270 g/mol. The molecule has 3 unspecified atom stereocenters. The molecule has 6 nitrogen and oxygen atoms in total. The fourth-order valence-corrected chi connectivity index (χ4v) is 2.31. The number of aromatic nitrogens is 3. The van der Waals surface area contributed by atoms with Gasteiger partial charge in [-0.15, -0.1) is 0 Å². The molecule has 3 rings (SSSR count). The fourth-order valence-electron chi connectivity index (χ4n) is 2.12. The van der Waals surface area contributed by atoms with Gasteiger partial charge in [-0.2, -0.15) is 0 Å². The molecule has 3 atom stereocenters. The van der Waals surface area contributed by atoms with E-state index in [1.54, 1.807) is 16.8 Å². The summed E-state index contributed by atoms with van der Waals surface area (Å²) in [6.45, 7) is 1.60. The molecule has 1 fully saturated rings. The molecule has 0 saturated carbocycles. The minimum atomic E-state index is -1.27. The molecule has 0 spiro atoms. The molecular weight excluding hydrogens is 258 g/mol. The zero-order valence-corrected chi connectivity index (χ0v) is 10.4. The molecule has 7 heteroatoms. The van der Waals surface area contributed by atoms with E-state index in [0.717, 1.165) is 0 Å². The second-order valence-corrected chi connectivity index (χ2v) is 4.99. The van der Waals surface area contributed by atoms with Gasteiger partial charge in [0.1, 0.15) is 28.8 Å². The Bertz CT molecular complexity index is 598. The zero-order chi connectivity index (χ0) is 12.9. The van der Waals surface area contributed by atoms with E-state index in [0.29, 0.717) is 16.2 Å². The highest BCUT2D eigenvalue weighted by molar-refractivity contribution is 6.33. The van der Waals surface area contributed by atoms with Crippen molar-refractivity contribution in [1.82, 2.24) is 14.5 Å². The van der Waals surface area contributed by atoms with Crippen LogP contribution in [0.3, 0.4) is 0 Å². The van der Waals surface area contributed by atoms with Crippen molar-refractivity contribution in [1.29, 1.82) is 0 Å². The highest BCUT2D eigenvalue weighted by Gasteiger charge is 2.45. The van der Waals surface area contributed by atoms with Gasteiger partial charge in [-0.25, -0.2) is 9.97 Å². The molecule has 0 radical (unpaired) electrons. The van der Waals surface area contributed by atoms with Crippen LogP contribution in [0.15, 0.2) is 18.6 Å². The predicted octanol–water partition coefficient (Wildman–Crippen LogP) is 0.725. The van der Waals surface area contributed by atoms with E-state index in [1.165, 1.54) is 13.3 Å². The van der Waals surface area contributed by atoms with Crippen molar-refractivity contribution in [3.63, 3.8) is 0 Å². The van der Waals surface area contributed by atoms with Gasteiger partial charge in [0.05, 0.1) is 12.0 Å². The van der Waals surface area contributed by atoms with E-state index in [-0.39, 0.29) is 6.61 Å². The second kappa shape index (κ2) is 3.89. The molecule has 1 saturated heterocycles. The van der Waals surface area contributed by atoms with Crippen LogP contribution in [0, 0.1) is 0 Å². The van der Waals surface area contributed by atoms with Crippen LogP contribution in [-0.2, 0) is 4.74 Å². The number of fused-ring (bicyclic) bond motifs is 1. The predicted molar refractivity (Wildman–Crippen MR) is 64.2 cm³/mol. The Morgan fingerprint density at radius 1 is 1.56 bits per heavy atom. The summed E-state index contributed by atoms with van der Waals surface area (Å²) in [6.07, 6.45) is 1.35. The Morgan fingerprint density at radius 3 is 3.00 bits per heavy atom. The molecule has 0 aromatic carbocycles. The third-order valence-corrected chi connectivity index (χ3v) is 3.49. The standard InChI is InChI=1S/C11H12ClN3O3/c1-11(17)4-18-10(7(11)16)15-3-2-6-8(12)13-5-14-9(6)15/h2-3,5,7,10,16-17H,4H2,1H3. The third-order valence-electron chi connectivity index (χ3n) is 3.19. The maximum Gasteiger partial charge on any atom is 0.164 e. The topological polar surface area (TPSA) is 80.4 Å². The molecule has 0 aliphatic carbocycles. The quantitative estimate of drug-likeness (QED) is 0.746. The summed E-state index contributed by atoms with van der Waals surface area (Å²) in [5.41, 5.74) is -0.699. The van der Waals surface area contributed by atoms with Crippen LogP contribution in [0.4, 0.5) is 0 Å². The molecule has 1 aliphatic heterocycles. The van der Waals surface area contributed by atoms with Crippen molar-refractivity contribution in [2.75, 3.05) is 6.61 Å². The van der Waals surface area contributed by atoms with Gasteiger partial charge in [-0.3, -0.25) is 0 Å². The van der Waals surface area contributed by atoms with Crippen LogP contribution in [0.25, 0.3) is 11.0 Å². The third kappa shape index (κ3) is 1.61. The Hall–Kier alpha value is -1.21. The molecule has 2 aromatic rings. The number of nitrogens with zero attached hydrogens (tertiary/aromatic N) is 3. The smallest absolute Gasteiger partial charge is 0.164 e. The lowest BCUT2D eigenvalue weighted by atomic mass is 10.0. The Morgan fingerprint density at radius 2 is 2.33 bits per heavy atom. The van der Waals surface area contributed by atoms with Gasteiger partial charge in [0.15, 0.2) is 6.23 Å². The SMILES string of the molecule is CC1(O)COC(n2ccc3c(Cl)ncnc32)C1O. The summed E-state index contributed by atoms with van der Waals surface area (Å²) >= 11 is 5.95. The number of hydrogen-bond donors (Lipinski definition) is 2. The van der Waals surface area contributed by atoms with Crippen molar-refractivity contribution in [3.8, 4) is 0 Å². The Labute approximate surface area is 108 Å². The molecule has 0 amide bonds. The molecule has 3 heterocycles. The average Bonchev–Trinajstić information content (AvgIpc) is 2.84. The van der Waals surface area contributed by atoms with E-state index >= 15 is 0 Å². The normalized spacial score (nSPS) is 32.2. The van der Waals surface area contributed by atoms with Crippen LogP contribution in [0.5, 0.6) is 0 Å². The number of aliphatic hydroxyl groups excluding tert-OH is 1. The van der Waals surface area contributed by atoms with E-state index in [1.807, 2.05) is 0 Å². The number of aliphatic hydroxyl groups is 2. The first-order valence-electron chi connectivity index (χ1n) is 5.50. The maximum absolute atomic E-state index is 10.0. The molecule has 2 aromatic heterocycles. The summed E-state index contributed by atoms with van der Waals surface area (Å²) in [6, 6.07) is 1.75. The first-order chi connectivity index (χ1) is 8.50. The van der Waals surface area contributed by atoms with Crippen molar-refractivity contribution >= 4 is 22.6 Å². The van der Waals surface area contributed by atoms with E-state index < -0.39 is 17.9 Å². The van der Waals surface area contributed by atoms with Crippen LogP contribution in [0.2, 0.25) is 5.15 Å². The maximum atomic E-state index is 10.0. The molecule has 1 aliphatic rings. The highest BCUT2D eigenvalue weighted by atomic mass is 35.5. The number of ether oxygens (including phenoxy) is 1. The lowest BCUT2D eigenvalue weighted by Gasteiger charge is -2.22. The molecular formula is C11H12ClN3O3. The molecule has 2 N–H and O–H groups in total. The van der Waals surface area contributed by atoms with Gasteiger partial charge in [0.25, 0.3) is 0 Å². The van der Waals surface area contributed by atoms with Crippen LogP contribution < -0.4 is 0 Å². The monoisotopic (exact) mass is 269 g/mol. The van der Waals surface area contributed by atoms with E-state index in [9.17, 15) is 10.2 Å². The fraction of sp³-hybridized carbons (Fsp3) is 0.455. The Kier molecular flexibility index (Phi) is 2.56. The minimum Gasteiger partial charge on any atom is -0.385 e. The summed E-state index contributed by atoms with van der Waals surface area (Å²) in [4.78, 5) is 8.01. The number of halogens is 1. The lowest BCUT2D eigenvalue weighted by Crippen LogP contribution is -2.39. The van der Waals surface area contributed by atoms with E-state index in [4.69, 9.17) is 16.3 Å². The largest absolute Gasteiger partial charge is 0.385 e. The summed E-state index contributed by atoms with van der Waals surface area (Å²) in [5.74, 6) is 0. The molecule has 96 valence electrons. The molecule has 0 bridgehead atoms. The van der Waals surface area contributed by atoms with Crippen LogP contribution in [-0.4, -0.2) is 43.1 Å². The van der Waals surface area contributed by atoms with Crippen molar-refractivity contribution in [2.45, 2.75) is 24.9 Å². The van der Waals surface area contributed by atoms with E-state index in [2.05, 4.69) is 9.97 Å². The lowest BCUT2D eigenvalue weighted by molar-refractivity contribution is -0.0493. The van der Waals surface area contributed by atoms with Gasteiger partial charge in [0, 0.05) is 6.20 Å². The van der Waals surface area contributed by atoms with Gasteiger partial charge in [-0.1, -0.05) is 11.6 Å². The summed E-state index contributed by atoms with van der Waals surface area (Å²) < 4.78 is 7.08. The number of hydrogen-bond acceptors (Lipinski definition) is 5. The van der Waals surface area contributed by atoms with Gasteiger partial charge < -0.3 is 19.5 Å². The summed E-state index contributed by atoms with van der Waals surface area (Å²) in [7, 11) is 0. The van der Waals surface area contributed by atoms with Crippen molar-refractivity contribution in [2.24, 2.45) is 0 Å². The van der Waals surface area contributed by atoms with Crippen molar-refractivity contribution in [3.05, 3.63) is 23.7 Å². The highest BCUT2D eigenvalue weighted by Crippen LogP contribution is 2.34. The van der Waals surface area contributed by atoms with Gasteiger partial charge >= 0.3 is 0 Å². The zero-order valence-electron chi connectivity index (χ0n) is 9.62. The second-order valence-electron chi connectivity index (χ2n) is 4.63.